The topological polar surface area (TPSA) is 66.9 Å². The molecule has 0 saturated carbocycles. The van der Waals surface area contributed by atoms with Gasteiger partial charge in [-0.3, -0.25) is 4.79 Å². The summed E-state index contributed by atoms with van der Waals surface area (Å²) in [4.78, 5) is 20.5. The number of anilines is 2. The number of nitrogens with zero attached hydrogens (tertiary/aromatic N) is 2. The highest BCUT2D eigenvalue weighted by Crippen LogP contribution is 2.27. The van der Waals surface area contributed by atoms with Crippen LogP contribution in [0.15, 0.2) is 54.9 Å². The SMILES string of the molecule is Cc1cccc(CNC(=O)c2cnc(Nc3cc(Cl)ccc3Cl)cn2)c1. The van der Waals surface area contributed by atoms with Gasteiger partial charge in [0.1, 0.15) is 11.5 Å². The van der Waals surface area contributed by atoms with E-state index in [1.54, 1.807) is 18.2 Å². The summed E-state index contributed by atoms with van der Waals surface area (Å²) in [5, 5.41) is 6.91. The van der Waals surface area contributed by atoms with Gasteiger partial charge in [0.05, 0.1) is 23.1 Å². The largest absolute Gasteiger partial charge is 0.347 e. The molecule has 0 bridgehead atoms. The molecule has 7 heteroatoms. The summed E-state index contributed by atoms with van der Waals surface area (Å²) in [7, 11) is 0. The van der Waals surface area contributed by atoms with E-state index in [-0.39, 0.29) is 11.6 Å². The fourth-order valence-corrected chi connectivity index (χ4v) is 2.67. The smallest absolute Gasteiger partial charge is 0.271 e. The highest BCUT2D eigenvalue weighted by molar-refractivity contribution is 6.35. The molecule has 0 atom stereocenters. The lowest BCUT2D eigenvalue weighted by atomic mass is 10.1. The molecule has 0 spiro atoms. The molecule has 26 heavy (non-hydrogen) atoms. The van der Waals surface area contributed by atoms with Crippen LogP contribution in [0.2, 0.25) is 10.0 Å². The summed E-state index contributed by atoms with van der Waals surface area (Å²) in [5.41, 5.74) is 3.03. The Morgan fingerprint density at radius 1 is 1.08 bits per heavy atom. The molecule has 2 N–H and O–H groups in total. The molecule has 0 saturated heterocycles. The zero-order valence-electron chi connectivity index (χ0n) is 14.0. The number of carbonyl (C=O) groups is 1. The van der Waals surface area contributed by atoms with Crippen molar-refractivity contribution in [2.45, 2.75) is 13.5 Å². The molecule has 1 amide bonds. The van der Waals surface area contributed by atoms with Crippen molar-refractivity contribution in [2.24, 2.45) is 0 Å². The van der Waals surface area contributed by atoms with Gasteiger partial charge in [-0.2, -0.15) is 0 Å². The summed E-state index contributed by atoms with van der Waals surface area (Å²) in [6.07, 6.45) is 2.88. The van der Waals surface area contributed by atoms with E-state index in [9.17, 15) is 4.79 Å². The van der Waals surface area contributed by atoms with Crippen LogP contribution >= 0.6 is 23.2 Å². The van der Waals surface area contributed by atoms with Crippen LogP contribution in [-0.2, 0) is 6.54 Å². The number of halogens is 2. The summed E-state index contributed by atoms with van der Waals surface area (Å²) < 4.78 is 0. The number of rotatable bonds is 5. The first-order valence-corrected chi connectivity index (χ1v) is 8.65. The summed E-state index contributed by atoms with van der Waals surface area (Å²) >= 11 is 12.1. The predicted octanol–water partition coefficient (Wildman–Crippen LogP) is 4.77. The van der Waals surface area contributed by atoms with Gasteiger partial charge in [-0.25, -0.2) is 9.97 Å². The average Bonchev–Trinajstić information content (AvgIpc) is 2.63. The van der Waals surface area contributed by atoms with Gasteiger partial charge in [-0.05, 0) is 30.7 Å². The number of carbonyl (C=O) groups excluding carboxylic acids is 1. The normalized spacial score (nSPS) is 10.4. The quantitative estimate of drug-likeness (QED) is 0.662. The lowest BCUT2D eigenvalue weighted by molar-refractivity contribution is 0.0945. The van der Waals surface area contributed by atoms with Crippen LogP contribution in [0.3, 0.4) is 0 Å². The molecule has 0 aliphatic carbocycles. The Bertz CT molecular complexity index is 929. The maximum absolute atomic E-state index is 12.2. The maximum atomic E-state index is 12.2. The number of nitrogens with one attached hydrogen (secondary N) is 2. The minimum absolute atomic E-state index is 0.236. The third kappa shape index (κ3) is 4.71. The first-order valence-electron chi connectivity index (χ1n) is 7.89. The molecule has 2 aromatic carbocycles. The number of amides is 1. The second kappa shape index (κ2) is 8.17. The number of benzene rings is 2. The molecular weight excluding hydrogens is 371 g/mol. The lowest BCUT2D eigenvalue weighted by Gasteiger charge is -2.09. The molecule has 0 unspecified atom stereocenters. The Kier molecular flexibility index (Phi) is 5.71. The van der Waals surface area contributed by atoms with Gasteiger partial charge in [0.2, 0.25) is 0 Å². The Labute approximate surface area is 161 Å². The van der Waals surface area contributed by atoms with Crippen molar-refractivity contribution in [3.63, 3.8) is 0 Å². The first kappa shape index (κ1) is 18.2. The second-order valence-corrected chi connectivity index (χ2v) is 6.55. The Hall–Kier alpha value is -2.63. The van der Waals surface area contributed by atoms with Crippen molar-refractivity contribution in [1.29, 1.82) is 0 Å². The van der Waals surface area contributed by atoms with Gasteiger partial charge in [-0.1, -0.05) is 53.0 Å². The zero-order valence-corrected chi connectivity index (χ0v) is 15.5. The molecule has 3 rings (SSSR count). The third-order valence-corrected chi connectivity index (χ3v) is 4.18. The highest BCUT2D eigenvalue weighted by atomic mass is 35.5. The first-order chi connectivity index (χ1) is 12.5. The van der Waals surface area contributed by atoms with E-state index in [4.69, 9.17) is 23.2 Å². The molecule has 0 fully saturated rings. The number of aromatic nitrogens is 2. The molecule has 0 aliphatic heterocycles. The summed E-state index contributed by atoms with van der Waals surface area (Å²) in [6, 6.07) is 13.0. The fraction of sp³-hybridized carbons (Fsp3) is 0.105. The molecule has 0 aliphatic rings. The minimum atomic E-state index is -0.286. The van der Waals surface area contributed by atoms with Crippen LogP contribution in [0.4, 0.5) is 11.5 Å². The molecular formula is C19H16Cl2N4O. The average molecular weight is 387 g/mol. The van der Waals surface area contributed by atoms with E-state index >= 15 is 0 Å². The van der Waals surface area contributed by atoms with E-state index in [0.717, 1.165) is 11.1 Å². The lowest BCUT2D eigenvalue weighted by Crippen LogP contribution is -2.24. The molecule has 3 aromatic rings. The third-order valence-electron chi connectivity index (χ3n) is 3.61. The molecule has 1 heterocycles. The van der Waals surface area contributed by atoms with Crippen LogP contribution in [0.25, 0.3) is 0 Å². The van der Waals surface area contributed by atoms with Crippen LogP contribution < -0.4 is 10.6 Å². The van der Waals surface area contributed by atoms with Gasteiger partial charge < -0.3 is 10.6 Å². The monoisotopic (exact) mass is 386 g/mol. The molecule has 5 nitrogen and oxygen atoms in total. The number of hydrogen-bond donors (Lipinski definition) is 2. The van der Waals surface area contributed by atoms with Crippen molar-refractivity contribution < 1.29 is 4.79 Å². The van der Waals surface area contributed by atoms with Crippen LogP contribution in [0.1, 0.15) is 21.6 Å². The standard InChI is InChI=1S/C19H16Cl2N4O/c1-12-3-2-4-13(7-12)9-24-19(26)17-10-23-18(11-22-17)25-16-8-14(20)5-6-15(16)21/h2-8,10-11H,9H2,1H3,(H,23,25)(H,24,26). The van der Waals surface area contributed by atoms with Crippen molar-refractivity contribution in [1.82, 2.24) is 15.3 Å². The van der Waals surface area contributed by atoms with Crippen molar-refractivity contribution in [3.8, 4) is 0 Å². The number of aryl methyl sites for hydroxylation is 1. The summed E-state index contributed by atoms with van der Waals surface area (Å²) in [6.45, 7) is 2.44. The maximum Gasteiger partial charge on any atom is 0.271 e. The van der Waals surface area contributed by atoms with Gasteiger partial charge >= 0.3 is 0 Å². The molecule has 1 aromatic heterocycles. The molecule has 132 valence electrons. The van der Waals surface area contributed by atoms with Gasteiger partial charge in [-0.15, -0.1) is 0 Å². The van der Waals surface area contributed by atoms with Crippen LogP contribution in [0.5, 0.6) is 0 Å². The van der Waals surface area contributed by atoms with Crippen molar-refractivity contribution in [3.05, 3.63) is 81.7 Å². The van der Waals surface area contributed by atoms with Gasteiger partial charge in [0.25, 0.3) is 5.91 Å². The predicted molar refractivity (Wildman–Crippen MR) is 104 cm³/mol. The summed E-state index contributed by atoms with van der Waals surface area (Å²) in [5.74, 6) is 0.177. The van der Waals surface area contributed by atoms with E-state index in [1.165, 1.54) is 12.4 Å². The Morgan fingerprint density at radius 3 is 2.65 bits per heavy atom. The van der Waals surface area contributed by atoms with Crippen molar-refractivity contribution in [2.75, 3.05) is 5.32 Å². The fourth-order valence-electron chi connectivity index (χ4n) is 2.34. The van der Waals surface area contributed by atoms with Crippen LogP contribution in [0, 0.1) is 6.92 Å². The Balaban J connectivity index is 1.63. The highest BCUT2D eigenvalue weighted by Gasteiger charge is 2.09. The van der Waals surface area contributed by atoms with E-state index < -0.39 is 0 Å². The zero-order chi connectivity index (χ0) is 18.5. The van der Waals surface area contributed by atoms with Crippen molar-refractivity contribution >= 4 is 40.6 Å². The van der Waals surface area contributed by atoms with Gasteiger partial charge in [0.15, 0.2) is 0 Å². The van der Waals surface area contributed by atoms with E-state index in [0.29, 0.717) is 28.1 Å². The minimum Gasteiger partial charge on any atom is -0.347 e. The van der Waals surface area contributed by atoms with Gasteiger partial charge in [0, 0.05) is 11.6 Å². The second-order valence-electron chi connectivity index (χ2n) is 5.71. The van der Waals surface area contributed by atoms with E-state index in [1.807, 2.05) is 31.2 Å². The number of hydrogen-bond acceptors (Lipinski definition) is 4. The molecule has 0 radical (unpaired) electrons. The Morgan fingerprint density at radius 2 is 1.92 bits per heavy atom. The van der Waals surface area contributed by atoms with E-state index in [2.05, 4.69) is 20.6 Å². The van der Waals surface area contributed by atoms with Crippen LogP contribution in [-0.4, -0.2) is 15.9 Å².